The molecule has 3 fully saturated rings. The fourth-order valence-electron chi connectivity index (χ4n) is 14.3. The summed E-state index contributed by atoms with van der Waals surface area (Å²) >= 11 is 0. The predicted molar refractivity (Wildman–Crippen MR) is 445 cm³/mol. The van der Waals surface area contributed by atoms with Crippen molar-refractivity contribution < 1.29 is 117 Å². The Morgan fingerprint density at radius 1 is 0.427 bits per heavy atom. The number of aliphatic hydroxyl groups is 2. The van der Waals surface area contributed by atoms with E-state index in [4.69, 9.17) is 22.6 Å². The summed E-state index contributed by atoms with van der Waals surface area (Å²) in [5.41, 5.74) is 16.9. The molecule has 3 rings (SSSR count). The van der Waals surface area contributed by atoms with Gasteiger partial charge >= 0.3 is 17.9 Å². The number of nitrogens with zero attached hydrogens (tertiary/aromatic N) is 3. The van der Waals surface area contributed by atoms with Crippen molar-refractivity contribution in [3.05, 3.63) is 0 Å². The predicted octanol–water partition coefficient (Wildman–Crippen LogP) is -6.10. The maximum Gasteiger partial charge on any atom is 0.326 e. The fourth-order valence-corrected chi connectivity index (χ4v) is 14.3. The molecule has 16 amide bonds. The van der Waals surface area contributed by atoms with E-state index in [0.717, 1.165) is 4.90 Å². The van der Waals surface area contributed by atoms with Gasteiger partial charge in [0, 0.05) is 32.6 Å². The second kappa shape index (κ2) is 53.3. The molecule has 0 bridgehead atoms. The summed E-state index contributed by atoms with van der Waals surface area (Å²) in [6, 6.07) is -22.8. The number of guanidine groups is 1. The molecule has 3 aliphatic rings. The molecule has 45 nitrogen and oxygen atoms in total. The number of carbonyl (C=O) groups is 19. The second-order valence-electron chi connectivity index (χ2n) is 33.4. The number of likely N-dealkylation sites (tertiary alicyclic amines) is 3. The minimum Gasteiger partial charge on any atom is -0.481 e. The number of aliphatic carboxylic acids is 3. The van der Waals surface area contributed by atoms with Gasteiger partial charge < -0.3 is 132 Å². The van der Waals surface area contributed by atoms with Crippen molar-refractivity contribution >= 4 is 118 Å². The molecule has 3 aliphatic heterocycles. The molecule has 17 atom stereocenters. The Morgan fingerprint density at radius 3 is 1.39 bits per heavy atom. The first-order valence-corrected chi connectivity index (χ1v) is 42.5. The first-order chi connectivity index (χ1) is 58.2. The van der Waals surface area contributed by atoms with E-state index in [9.17, 15) is 117 Å². The van der Waals surface area contributed by atoms with Crippen LogP contribution in [0.1, 0.15) is 199 Å². The zero-order valence-corrected chi connectivity index (χ0v) is 73.1. The van der Waals surface area contributed by atoms with Crippen LogP contribution >= 0.6 is 0 Å². The summed E-state index contributed by atoms with van der Waals surface area (Å²) in [5, 5.41) is 91.7. The normalized spacial score (nSPS) is 18.4. The average Bonchev–Trinajstić information content (AvgIpc) is 1.64. The van der Waals surface area contributed by atoms with Gasteiger partial charge in [-0.2, -0.15) is 0 Å². The van der Waals surface area contributed by atoms with Gasteiger partial charge in [-0.1, -0.05) is 75.7 Å². The number of rotatable bonds is 54. The number of nitrogens with one attached hydrogen (secondary N) is 15. The van der Waals surface area contributed by atoms with E-state index < -0.39 is 266 Å². The van der Waals surface area contributed by atoms with E-state index in [-0.39, 0.29) is 121 Å². The van der Waals surface area contributed by atoms with E-state index in [1.54, 1.807) is 69.2 Å². The third kappa shape index (κ3) is 35.3. The number of hydrogen-bond donors (Lipinski definition) is 23. The van der Waals surface area contributed by atoms with E-state index in [1.807, 2.05) is 0 Å². The highest BCUT2D eigenvalue weighted by atomic mass is 16.4. The average molecular weight is 1760 g/mol. The smallest absolute Gasteiger partial charge is 0.326 e. The van der Waals surface area contributed by atoms with Crippen LogP contribution in [0.2, 0.25) is 0 Å². The highest BCUT2D eigenvalue weighted by Gasteiger charge is 2.47. The van der Waals surface area contributed by atoms with E-state index >= 15 is 0 Å². The van der Waals surface area contributed by atoms with Gasteiger partial charge in [0.1, 0.15) is 96.7 Å². The monoisotopic (exact) mass is 1760 g/mol. The van der Waals surface area contributed by atoms with Crippen molar-refractivity contribution in [1.29, 1.82) is 5.41 Å². The van der Waals surface area contributed by atoms with Crippen molar-refractivity contribution in [2.24, 2.45) is 46.8 Å². The molecule has 700 valence electrons. The molecule has 0 aliphatic carbocycles. The topological polar surface area (TPSA) is 706 Å². The number of carboxylic acid groups (broad SMARTS) is 3. The summed E-state index contributed by atoms with van der Waals surface area (Å²) < 4.78 is 0. The third-order valence-electron chi connectivity index (χ3n) is 21.3. The van der Waals surface area contributed by atoms with Gasteiger partial charge in [-0.15, -0.1) is 0 Å². The summed E-state index contributed by atoms with van der Waals surface area (Å²) in [4.78, 5) is 264. The van der Waals surface area contributed by atoms with E-state index in [0.29, 0.717) is 25.7 Å². The number of carboxylic acids is 3. The van der Waals surface area contributed by atoms with Crippen LogP contribution in [-0.4, -0.2) is 308 Å². The Labute approximate surface area is 721 Å². The molecular formula is C79H135N21O24. The van der Waals surface area contributed by atoms with Gasteiger partial charge in [-0.05, 0) is 146 Å². The molecule has 0 aromatic heterocycles. The summed E-state index contributed by atoms with van der Waals surface area (Å²) in [5.74, 6) is -21.2. The molecule has 0 unspecified atom stereocenters. The minimum atomic E-state index is -2.07. The molecule has 0 aromatic rings. The van der Waals surface area contributed by atoms with Crippen LogP contribution in [0.3, 0.4) is 0 Å². The Kier molecular flexibility index (Phi) is 46.1. The number of unbranched alkanes of at least 4 members (excludes halogenated alkanes) is 1. The molecule has 0 spiro atoms. The van der Waals surface area contributed by atoms with Crippen LogP contribution in [0.4, 0.5) is 0 Å². The van der Waals surface area contributed by atoms with Crippen LogP contribution < -0.4 is 91.6 Å². The Balaban J connectivity index is 1.82. The lowest BCUT2D eigenvalue weighted by atomic mass is 9.96. The van der Waals surface area contributed by atoms with Crippen molar-refractivity contribution in [1.82, 2.24) is 89.1 Å². The molecule has 26 N–H and O–H groups in total. The summed E-state index contributed by atoms with van der Waals surface area (Å²) in [7, 11) is 0. The Bertz CT molecular complexity index is 3720. The molecular weight excluding hydrogens is 1630 g/mol. The lowest BCUT2D eigenvalue weighted by Gasteiger charge is -2.34. The van der Waals surface area contributed by atoms with Crippen molar-refractivity contribution in [2.45, 2.75) is 295 Å². The number of aliphatic hydroxyl groups excluding tert-OH is 2. The second-order valence-corrected chi connectivity index (χ2v) is 33.4. The van der Waals surface area contributed by atoms with Crippen LogP contribution in [0.5, 0.6) is 0 Å². The minimum absolute atomic E-state index is 0.0227. The first kappa shape index (κ1) is 107. The molecule has 0 saturated carbocycles. The van der Waals surface area contributed by atoms with Crippen molar-refractivity contribution in [3.8, 4) is 0 Å². The molecule has 124 heavy (non-hydrogen) atoms. The van der Waals surface area contributed by atoms with Gasteiger partial charge in [-0.25, -0.2) is 4.79 Å². The van der Waals surface area contributed by atoms with Crippen LogP contribution in [-0.2, 0) is 91.1 Å². The van der Waals surface area contributed by atoms with E-state index in [1.165, 1.54) is 23.6 Å². The number of hydrogen-bond acceptors (Lipinski definition) is 24. The molecule has 3 heterocycles. The van der Waals surface area contributed by atoms with Gasteiger partial charge in [-0.3, -0.25) is 91.7 Å². The highest BCUT2D eigenvalue weighted by molar-refractivity contribution is 6.02. The zero-order chi connectivity index (χ0) is 93.7. The molecule has 0 radical (unpaired) electrons. The number of nitrogens with two attached hydrogens (primary N) is 3. The van der Waals surface area contributed by atoms with E-state index in [2.05, 4.69) is 74.4 Å². The highest BCUT2D eigenvalue weighted by Crippen LogP contribution is 2.28. The Morgan fingerprint density at radius 2 is 0.879 bits per heavy atom. The summed E-state index contributed by atoms with van der Waals surface area (Å²) in [6.07, 6.45) is -0.502. The van der Waals surface area contributed by atoms with Gasteiger partial charge in [0.15, 0.2) is 5.96 Å². The SMILES string of the molecule is CC[C@H](C)[C@H](NC(=O)[C@H](CO)NC(=O)[C@@H](NC(=O)[C@@H]1CCCN1C(=O)[C@@H]1CCCN1C(=O)[C@H](CCCCN)NC(=O)[C@H](C)NC(=O)[C@H](CC(C)C)NC(=O)[C@@H](N)CO)C(C)C)C(=O)N1CCC[C@H]1C(=O)N[C@@H](CCC(=O)O)C(=O)N[C@@H](CC(=O)O)C(=O)N[C@@H](CCCNC(=N)N)C(=O)N[C@@H](CC(C)C)C(=O)N[C@@H](C)C(=O)NCC(=O)N[C@@H](CC(C)C)C(=O)O. The van der Waals surface area contributed by atoms with Crippen molar-refractivity contribution in [2.75, 3.05) is 52.5 Å². The largest absolute Gasteiger partial charge is 0.481 e. The van der Waals surface area contributed by atoms with Crippen LogP contribution in [0.25, 0.3) is 0 Å². The van der Waals surface area contributed by atoms with Crippen LogP contribution in [0.15, 0.2) is 0 Å². The first-order valence-electron chi connectivity index (χ1n) is 42.5. The quantitative estimate of drug-likeness (QED) is 0.0153. The van der Waals surface area contributed by atoms with Gasteiger partial charge in [0.25, 0.3) is 0 Å². The fraction of sp³-hybridized carbons (Fsp3) is 0.747. The lowest BCUT2D eigenvalue weighted by Crippen LogP contribution is -2.62. The van der Waals surface area contributed by atoms with Crippen molar-refractivity contribution in [3.63, 3.8) is 0 Å². The molecule has 0 aromatic carbocycles. The van der Waals surface area contributed by atoms with Gasteiger partial charge in [0.2, 0.25) is 94.5 Å². The molecule has 3 saturated heterocycles. The standard InChI is InChI=1S/C79H135N21O24/c1-13-43(10)62(97-71(116)54(38-102)95-74(119)61(42(8)9)96-73(118)56-23-17-29-98(56)76(121)57-24-19-31-100(57)75(120)49(20-14-15-27-80)91-64(109)45(12)87-68(113)50(32-39(2)3)92-65(110)46(81)37-101)77(122)99-30-18-22-55(99)72(117)90-48(25-26-59(104)105)67(112)94-52(35-60(106)107)70(115)89-47(21-16-28-84-79(82)83)66(111)93-51(33-40(4)5)69(114)86-44(11)63(108)85-36-58(103)88-53(78(123)124)34-41(6)7/h39-57,61-62,101-102H,13-38,80-81H2,1-12H3,(H,85,108)(H,86,114)(H,87,113)(H,88,103)(H,89,115)(H,90,117)(H,91,109)(H,92,110)(H,93,111)(H,94,112)(H,95,119)(H,96,118)(H,97,116)(H,104,105)(H,106,107)(H,123,124)(H4,82,83,84)/t43-,44-,45-,46-,47-,48-,49-,50-,51-,52-,53-,54-,55-,56-,57-,61-,62-/m0/s1. The van der Waals surface area contributed by atoms with Gasteiger partial charge in [0.05, 0.1) is 26.2 Å². The number of amides is 16. The molecule has 45 heteroatoms. The van der Waals surface area contributed by atoms with Crippen LogP contribution in [0, 0.1) is 35.0 Å². The zero-order valence-electron chi connectivity index (χ0n) is 73.1. The lowest BCUT2D eigenvalue weighted by molar-refractivity contribution is -0.148. The maximum atomic E-state index is 14.8. The maximum absolute atomic E-state index is 14.8. The third-order valence-corrected chi connectivity index (χ3v) is 21.3. The number of carbonyl (C=O) groups excluding carboxylic acids is 16. The summed E-state index contributed by atoms with van der Waals surface area (Å²) in [6.45, 7) is 17.4. The Hall–Kier alpha value is -11.0.